The fourth-order valence-corrected chi connectivity index (χ4v) is 4.76. The highest BCUT2D eigenvalue weighted by Crippen LogP contribution is 2.49. The molecule has 0 saturated heterocycles. The third-order valence-electron chi connectivity index (χ3n) is 6.00. The van der Waals surface area contributed by atoms with Gasteiger partial charge in [-0.3, -0.25) is 0 Å². The zero-order chi connectivity index (χ0) is 15.6. The average molecular weight is 322 g/mol. The lowest BCUT2D eigenvalue weighted by Gasteiger charge is -2.39. The molecule has 22 heavy (non-hydrogen) atoms. The quantitative estimate of drug-likeness (QED) is 0.823. The molecule has 0 bridgehead atoms. The largest absolute Gasteiger partial charge is 0.366 e. The minimum Gasteiger partial charge on any atom is -0.366 e. The molecule has 0 atom stereocenters. The van der Waals surface area contributed by atoms with Gasteiger partial charge < -0.3 is 5.32 Å². The molecule has 2 saturated carbocycles. The lowest BCUT2D eigenvalue weighted by Crippen LogP contribution is -2.33. The predicted molar refractivity (Wildman–Crippen MR) is 92.4 cm³/mol. The van der Waals surface area contributed by atoms with E-state index < -0.39 is 0 Å². The number of nitrogens with one attached hydrogen (secondary N) is 1. The van der Waals surface area contributed by atoms with E-state index in [1.54, 1.807) is 6.33 Å². The van der Waals surface area contributed by atoms with E-state index in [0.29, 0.717) is 16.5 Å². The highest BCUT2D eigenvalue weighted by atomic mass is 35.5. The standard InChI is InChI=1S/C18H28ClN3/c1-3-15-16(19)17(21-12-20-15)22-14-8-6-13(7-9-14)18(2)10-4-5-11-18/h12-14H,3-11H2,1-2H3,(H,20,21,22)/t13-,14+. The molecule has 4 heteroatoms. The van der Waals surface area contributed by atoms with Crippen LogP contribution in [0, 0.1) is 11.3 Å². The van der Waals surface area contributed by atoms with Crippen molar-refractivity contribution in [2.75, 3.05) is 5.32 Å². The third kappa shape index (κ3) is 3.24. The molecule has 1 aromatic heterocycles. The van der Waals surface area contributed by atoms with Crippen molar-refractivity contribution in [2.45, 2.75) is 77.7 Å². The highest BCUT2D eigenvalue weighted by Gasteiger charge is 2.38. The molecule has 0 amide bonds. The number of anilines is 1. The van der Waals surface area contributed by atoms with Gasteiger partial charge in [0.05, 0.1) is 5.69 Å². The molecule has 1 heterocycles. The van der Waals surface area contributed by atoms with Crippen LogP contribution in [-0.2, 0) is 6.42 Å². The molecule has 0 aliphatic heterocycles. The Morgan fingerprint density at radius 3 is 2.50 bits per heavy atom. The molecule has 0 unspecified atom stereocenters. The Labute approximate surface area is 139 Å². The smallest absolute Gasteiger partial charge is 0.148 e. The van der Waals surface area contributed by atoms with Crippen molar-refractivity contribution in [2.24, 2.45) is 11.3 Å². The van der Waals surface area contributed by atoms with Crippen LogP contribution in [0.25, 0.3) is 0 Å². The van der Waals surface area contributed by atoms with Gasteiger partial charge in [0.15, 0.2) is 0 Å². The van der Waals surface area contributed by atoms with Crippen molar-refractivity contribution < 1.29 is 0 Å². The van der Waals surface area contributed by atoms with E-state index in [2.05, 4.69) is 29.1 Å². The molecule has 1 N–H and O–H groups in total. The Hall–Kier alpha value is -0.830. The highest BCUT2D eigenvalue weighted by molar-refractivity contribution is 6.33. The fraction of sp³-hybridized carbons (Fsp3) is 0.778. The predicted octanol–water partition coefficient (Wildman–Crippen LogP) is 5.24. The molecule has 0 radical (unpaired) electrons. The molecule has 3 rings (SSSR count). The summed E-state index contributed by atoms with van der Waals surface area (Å²) in [7, 11) is 0. The van der Waals surface area contributed by atoms with E-state index in [0.717, 1.165) is 23.9 Å². The molecule has 122 valence electrons. The zero-order valence-corrected chi connectivity index (χ0v) is 14.6. The lowest BCUT2D eigenvalue weighted by atomic mass is 9.68. The van der Waals surface area contributed by atoms with Crippen molar-refractivity contribution in [3.05, 3.63) is 17.0 Å². The van der Waals surface area contributed by atoms with Crippen molar-refractivity contribution in [3.63, 3.8) is 0 Å². The normalized spacial score (nSPS) is 27.8. The summed E-state index contributed by atoms with van der Waals surface area (Å²) in [5.74, 6) is 1.74. The van der Waals surface area contributed by atoms with E-state index in [-0.39, 0.29) is 0 Å². The van der Waals surface area contributed by atoms with Crippen LogP contribution >= 0.6 is 11.6 Å². The molecule has 2 fully saturated rings. The monoisotopic (exact) mass is 321 g/mol. The molecule has 3 nitrogen and oxygen atoms in total. The molecular formula is C18H28ClN3. The van der Waals surface area contributed by atoms with Gasteiger partial charge in [0.25, 0.3) is 0 Å². The van der Waals surface area contributed by atoms with E-state index >= 15 is 0 Å². The number of rotatable bonds is 4. The van der Waals surface area contributed by atoms with Crippen LogP contribution in [0.2, 0.25) is 5.02 Å². The van der Waals surface area contributed by atoms with Crippen molar-refractivity contribution in [3.8, 4) is 0 Å². The molecular weight excluding hydrogens is 294 g/mol. The minimum absolute atomic E-state index is 0.512. The first kappa shape index (κ1) is 16.0. The maximum atomic E-state index is 6.40. The number of nitrogens with zero attached hydrogens (tertiary/aromatic N) is 2. The summed E-state index contributed by atoms with van der Waals surface area (Å²) in [6, 6.07) is 0.512. The number of hydrogen-bond acceptors (Lipinski definition) is 3. The topological polar surface area (TPSA) is 37.8 Å². The Morgan fingerprint density at radius 2 is 1.86 bits per heavy atom. The fourth-order valence-electron chi connectivity index (χ4n) is 4.47. The second-order valence-corrected chi connectivity index (χ2v) is 7.77. The second-order valence-electron chi connectivity index (χ2n) is 7.39. The third-order valence-corrected chi connectivity index (χ3v) is 6.39. The Bertz CT molecular complexity index is 503. The van der Waals surface area contributed by atoms with Crippen LogP contribution in [0.1, 0.15) is 70.9 Å². The zero-order valence-electron chi connectivity index (χ0n) is 13.9. The number of halogens is 1. The van der Waals surface area contributed by atoms with Gasteiger partial charge in [0, 0.05) is 6.04 Å². The van der Waals surface area contributed by atoms with E-state index in [1.165, 1.54) is 51.4 Å². The van der Waals surface area contributed by atoms with Gasteiger partial charge >= 0.3 is 0 Å². The van der Waals surface area contributed by atoms with Gasteiger partial charge in [-0.15, -0.1) is 0 Å². The summed E-state index contributed by atoms with van der Waals surface area (Å²) in [5.41, 5.74) is 1.55. The number of hydrogen-bond donors (Lipinski definition) is 1. The van der Waals surface area contributed by atoms with Crippen LogP contribution < -0.4 is 5.32 Å². The second kappa shape index (κ2) is 6.74. The average Bonchev–Trinajstić information content (AvgIpc) is 2.98. The molecule has 1 aromatic rings. The van der Waals surface area contributed by atoms with Crippen LogP contribution in [0.4, 0.5) is 5.82 Å². The van der Waals surface area contributed by atoms with Gasteiger partial charge in [-0.1, -0.05) is 38.3 Å². The van der Waals surface area contributed by atoms with Crippen LogP contribution in [0.15, 0.2) is 6.33 Å². The molecule has 2 aliphatic carbocycles. The Morgan fingerprint density at radius 1 is 1.18 bits per heavy atom. The minimum atomic E-state index is 0.512. The summed E-state index contributed by atoms with van der Waals surface area (Å²) < 4.78 is 0. The van der Waals surface area contributed by atoms with Gasteiger partial charge in [-0.2, -0.15) is 0 Å². The van der Waals surface area contributed by atoms with Crippen LogP contribution in [0.5, 0.6) is 0 Å². The maximum Gasteiger partial charge on any atom is 0.148 e. The van der Waals surface area contributed by atoms with Crippen LogP contribution in [-0.4, -0.2) is 16.0 Å². The van der Waals surface area contributed by atoms with E-state index in [9.17, 15) is 0 Å². The van der Waals surface area contributed by atoms with Gasteiger partial charge in [-0.05, 0) is 56.3 Å². The first-order chi connectivity index (χ1) is 10.6. The van der Waals surface area contributed by atoms with Crippen molar-refractivity contribution >= 4 is 17.4 Å². The molecule has 0 spiro atoms. The molecule has 2 aliphatic rings. The molecule has 0 aromatic carbocycles. The summed E-state index contributed by atoms with van der Waals surface area (Å²) in [4.78, 5) is 8.58. The first-order valence-electron chi connectivity index (χ1n) is 8.88. The van der Waals surface area contributed by atoms with E-state index in [1.807, 2.05) is 0 Å². The van der Waals surface area contributed by atoms with Crippen LogP contribution in [0.3, 0.4) is 0 Å². The van der Waals surface area contributed by atoms with Crippen molar-refractivity contribution in [1.29, 1.82) is 0 Å². The van der Waals surface area contributed by atoms with Crippen molar-refractivity contribution in [1.82, 2.24) is 9.97 Å². The summed E-state index contributed by atoms with van der Waals surface area (Å²) in [6.45, 7) is 4.60. The van der Waals surface area contributed by atoms with Gasteiger partial charge in [0.2, 0.25) is 0 Å². The van der Waals surface area contributed by atoms with Gasteiger partial charge in [-0.25, -0.2) is 9.97 Å². The summed E-state index contributed by atoms with van der Waals surface area (Å²) in [6.07, 6.45) is 13.4. The van der Waals surface area contributed by atoms with E-state index in [4.69, 9.17) is 11.6 Å². The summed E-state index contributed by atoms with van der Waals surface area (Å²) in [5, 5.41) is 4.27. The maximum absolute atomic E-state index is 6.40. The first-order valence-corrected chi connectivity index (χ1v) is 9.26. The SMILES string of the molecule is CCc1ncnc(N[C@H]2CC[C@@H](C3(C)CCCC3)CC2)c1Cl. The van der Waals surface area contributed by atoms with Gasteiger partial charge in [0.1, 0.15) is 17.2 Å². The number of aryl methyl sites for hydroxylation is 1. The Kier molecular flexibility index (Phi) is 4.91. The summed E-state index contributed by atoms with van der Waals surface area (Å²) >= 11 is 6.40. The lowest BCUT2D eigenvalue weighted by molar-refractivity contribution is 0.139. The Balaban J connectivity index is 1.58. The number of aromatic nitrogens is 2.